The second-order valence-electron chi connectivity index (χ2n) is 7.37. The number of nitrogens with zero attached hydrogens (tertiary/aromatic N) is 2. The van der Waals surface area contributed by atoms with Crippen molar-refractivity contribution in [2.75, 3.05) is 0 Å². The second-order valence-corrected chi connectivity index (χ2v) is 8.26. The van der Waals surface area contributed by atoms with Gasteiger partial charge in [0.05, 0.1) is 5.69 Å². The highest BCUT2D eigenvalue weighted by molar-refractivity contribution is 7.09. The number of para-hydroxylation sites is 1. The summed E-state index contributed by atoms with van der Waals surface area (Å²) in [6, 6.07) is 22.0. The molecule has 0 bridgehead atoms. The molecule has 4 nitrogen and oxygen atoms in total. The van der Waals surface area contributed by atoms with E-state index in [4.69, 9.17) is 9.72 Å². The summed E-state index contributed by atoms with van der Waals surface area (Å²) in [5.41, 5.74) is 4.12. The molecular weight excluding hydrogens is 404 g/mol. The lowest BCUT2D eigenvalue weighted by Crippen LogP contribution is -2.06. The summed E-state index contributed by atoms with van der Waals surface area (Å²) in [6.07, 6.45) is 4.83. The van der Waals surface area contributed by atoms with Gasteiger partial charge in [-0.3, -0.25) is 9.78 Å². The largest absolute Gasteiger partial charge is 0.483 e. The highest BCUT2D eigenvalue weighted by atomic mass is 32.1. The minimum atomic E-state index is -0.170. The Morgan fingerprint density at radius 3 is 2.55 bits per heavy atom. The fourth-order valence-electron chi connectivity index (χ4n) is 3.37. The Bertz CT molecular complexity index is 1130. The fraction of sp³-hybridized carbons (Fsp3) is 0.192. The van der Waals surface area contributed by atoms with Crippen LogP contribution in [0.2, 0.25) is 0 Å². The molecule has 0 saturated heterocycles. The Balaban J connectivity index is 1.37. The van der Waals surface area contributed by atoms with Crippen molar-refractivity contribution in [2.45, 2.75) is 32.3 Å². The summed E-state index contributed by atoms with van der Waals surface area (Å²) >= 11 is 1.58. The van der Waals surface area contributed by atoms with Crippen LogP contribution in [0.15, 0.2) is 84.5 Å². The Kier molecular flexibility index (Phi) is 6.85. The van der Waals surface area contributed by atoms with Gasteiger partial charge in [-0.25, -0.2) is 4.98 Å². The number of carbonyl (C=O) groups excluding carboxylic acids is 1. The summed E-state index contributed by atoms with van der Waals surface area (Å²) in [5.74, 6) is 1.05. The number of pyridine rings is 1. The van der Waals surface area contributed by atoms with Crippen molar-refractivity contribution in [3.05, 3.63) is 101 Å². The summed E-state index contributed by atoms with van der Waals surface area (Å²) in [6.45, 7) is 2.01. The lowest BCUT2D eigenvalue weighted by molar-refractivity contribution is -0.118. The molecule has 2 heterocycles. The highest BCUT2D eigenvalue weighted by Gasteiger charge is 2.15. The van der Waals surface area contributed by atoms with E-state index < -0.39 is 0 Å². The summed E-state index contributed by atoms with van der Waals surface area (Å²) in [7, 11) is 0. The van der Waals surface area contributed by atoms with Gasteiger partial charge in [-0.05, 0) is 42.7 Å². The number of thiazole rings is 1. The van der Waals surface area contributed by atoms with E-state index in [1.807, 2.05) is 60.8 Å². The first kappa shape index (κ1) is 20.9. The Hall–Kier alpha value is -3.31. The first-order chi connectivity index (χ1) is 15.2. The molecule has 0 amide bonds. The van der Waals surface area contributed by atoms with Crippen molar-refractivity contribution in [2.24, 2.45) is 0 Å². The highest BCUT2D eigenvalue weighted by Crippen LogP contribution is 2.33. The quantitative estimate of drug-likeness (QED) is 0.324. The molecule has 0 aliphatic rings. The van der Waals surface area contributed by atoms with Crippen molar-refractivity contribution in [1.29, 1.82) is 0 Å². The number of ketones is 1. The summed E-state index contributed by atoms with van der Waals surface area (Å²) in [5, 5.41) is 2.94. The van der Waals surface area contributed by atoms with Crippen LogP contribution in [0.1, 0.15) is 35.7 Å². The lowest BCUT2D eigenvalue weighted by atomic mass is 10.0. The van der Waals surface area contributed by atoms with E-state index in [1.165, 1.54) is 0 Å². The van der Waals surface area contributed by atoms with Gasteiger partial charge in [0.25, 0.3) is 0 Å². The SMILES string of the molecule is C[C@H](Oc1ccccc1-c1ccccc1)c1nc(CCC(=O)Cc2ccncc2)cs1. The maximum absolute atomic E-state index is 12.3. The van der Waals surface area contributed by atoms with Crippen LogP contribution < -0.4 is 4.74 Å². The van der Waals surface area contributed by atoms with Gasteiger partial charge in [-0.1, -0.05) is 48.5 Å². The van der Waals surface area contributed by atoms with Gasteiger partial charge >= 0.3 is 0 Å². The van der Waals surface area contributed by atoms with Gasteiger partial charge < -0.3 is 4.74 Å². The molecule has 0 spiro atoms. The van der Waals surface area contributed by atoms with E-state index >= 15 is 0 Å². The molecule has 0 unspecified atom stereocenters. The van der Waals surface area contributed by atoms with Gasteiger partial charge in [0.15, 0.2) is 0 Å². The van der Waals surface area contributed by atoms with Crippen molar-refractivity contribution in [3.63, 3.8) is 0 Å². The van der Waals surface area contributed by atoms with E-state index in [0.717, 1.165) is 33.1 Å². The Morgan fingerprint density at radius 2 is 1.74 bits per heavy atom. The van der Waals surface area contributed by atoms with E-state index in [9.17, 15) is 4.79 Å². The first-order valence-electron chi connectivity index (χ1n) is 10.3. The van der Waals surface area contributed by atoms with Crippen molar-refractivity contribution >= 4 is 17.1 Å². The molecule has 0 fully saturated rings. The van der Waals surface area contributed by atoms with Gasteiger partial charge in [0.2, 0.25) is 0 Å². The average molecular weight is 429 g/mol. The van der Waals surface area contributed by atoms with Crippen LogP contribution in [0.5, 0.6) is 5.75 Å². The van der Waals surface area contributed by atoms with E-state index in [1.54, 1.807) is 23.7 Å². The standard InChI is InChI=1S/C26H24N2O2S/c1-19(30-25-10-6-5-9-24(25)21-7-3-2-4-8-21)26-28-22(18-31-26)11-12-23(29)17-20-13-15-27-16-14-20/h2-10,13-16,18-19H,11-12,17H2,1H3/t19-/m0/s1. The zero-order valence-corrected chi connectivity index (χ0v) is 18.2. The van der Waals surface area contributed by atoms with Gasteiger partial charge in [-0.2, -0.15) is 0 Å². The molecule has 0 radical (unpaired) electrons. The third kappa shape index (κ3) is 5.64. The predicted molar refractivity (Wildman–Crippen MR) is 124 cm³/mol. The average Bonchev–Trinajstić information content (AvgIpc) is 3.29. The third-order valence-corrected chi connectivity index (χ3v) is 6.06. The van der Waals surface area contributed by atoms with E-state index in [-0.39, 0.29) is 11.9 Å². The van der Waals surface area contributed by atoms with Gasteiger partial charge in [0.1, 0.15) is 22.6 Å². The summed E-state index contributed by atoms with van der Waals surface area (Å²) < 4.78 is 6.28. The third-order valence-electron chi connectivity index (χ3n) is 5.00. The number of hydrogen-bond acceptors (Lipinski definition) is 5. The molecule has 0 N–H and O–H groups in total. The minimum absolute atomic E-state index is 0.170. The van der Waals surface area contributed by atoms with Gasteiger partial charge in [-0.15, -0.1) is 11.3 Å². The Labute approximate surface area is 186 Å². The maximum atomic E-state index is 12.3. The van der Waals surface area contributed by atoms with Gasteiger partial charge in [0, 0.05) is 36.2 Å². The monoisotopic (exact) mass is 428 g/mol. The number of ether oxygens (including phenoxy) is 1. The van der Waals surface area contributed by atoms with Crippen LogP contribution >= 0.6 is 11.3 Å². The second kappa shape index (κ2) is 10.1. The molecule has 2 aromatic carbocycles. The van der Waals surface area contributed by atoms with Crippen LogP contribution in [0.3, 0.4) is 0 Å². The minimum Gasteiger partial charge on any atom is -0.483 e. The molecule has 156 valence electrons. The molecule has 2 aromatic heterocycles. The molecule has 0 aliphatic carbocycles. The van der Waals surface area contributed by atoms with Crippen molar-refractivity contribution < 1.29 is 9.53 Å². The molecule has 0 saturated carbocycles. The zero-order chi connectivity index (χ0) is 21.5. The molecule has 1 atom stereocenters. The number of benzene rings is 2. The lowest BCUT2D eigenvalue weighted by Gasteiger charge is -2.16. The fourth-order valence-corrected chi connectivity index (χ4v) is 4.21. The van der Waals surface area contributed by atoms with Crippen LogP contribution in [-0.4, -0.2) is 15.8 Å². The molecule has 4 rings (SSSR count). The smallest absolute Gasteiger partial charge is 0.147 e. The van der Waals surface area contributed by atoms with Crippen LogP contribution in [-0.2, 0) is 17.6 Å². The molecular formula is C26H24N2O2S. The van der Waals surface area contributed by atoms with Crippen molar-refractivity contribution in [3.8, 4) is 16.9 Å². The summed E-state index contributed by atoms with van der Waals surface area (Å²) in [4.78, 5) is 21.0. The maximum Gasteiger partial charge on any atom is 0.147 e. The number of Topliss-reactive ketones (excluding diaryl/α,β-unsaturated/α-hetero) is 1. The van der Waals surface area contributed by atoms with Crippen LogP contribution in [0.25, 0.3) is 11.1 Å². The number of carbonyl (C=O) groups is 1. The first-order valence-corrected chi connectivity index (χ1v) is 11.2. The molecule has 31 heavy (non-hydrogen) atoms. The van der Waals surface area contributed by atoms with Crippen LogP contribution in [0, 0.1) is 0 Å². The molecule has 4 aromatic rings. The number of hydrogen-bond donors (Lipinski definition) is 0. The molecule has 0 aliphatic heterocycles. The molecule has 5 heteroatoms. The number of aryl methyl sites for hydroxylation is 1. The van der Waals surface area contributed by atoms with E-state index in [2.05, 4.69) is 23.2 Å². The van der Waals surface area contributed by atoms with Crippen LogP contribution in [0.4, 0.5) is 0 Å². The number of rotatable bonds is 9. The van der Waals surface area contributed by atoms with E-state index in [0.29, 0.717) is 19.3 Å². The normalized spacial score (nSPS) is 11.8. The Morgan fingerprint density at radius 1 is 1.00 bits per heavy atom. The number of aromatic nitrogens is 2. The topological polar surface area (TPSA) is 52.1 Å². The zero-order valence-electron chi connectivity index (χ0n) is 17.4. The predicted octanol–water partition coefficient (Wildman–Crippen LogP) is 6.09. The van der Waals surface area contributed by atoms with Crippen molar-refractivity contribution in [1.82, 2.24) is 9.97 Å².